The van der Waals surface area contributed by atoms with Crippen molar-refractivity contribution >= 4 is 40.7 Å². The molecule has 3 heterocycles. The number of aromatic amines is 1. The predicted octanol–water partition coefficient (Wildman–Crippen LogP) is 3.93. The Morgan fingerprint density at radius 2 is 1.93 bits per heavy atom. The van der Waals surface area contributed by atoms with Gasteiger partial charge in [0.1, 0.15) is 23.1 Å². The predicted molar refractivity (Wildman–Crippen MR) is 110 cm³/mol. The maximum Gasteiger partial charge on any atom is 0.134 e. The van der Waals surface area contributed by atoms with Crippen LogP contribution in [0.25, 0.3) is 10.9 Å². The van der Waals surface area contributed by atoms with E-state index in [9.17, 15) is 4.39 Å². The van der Waals surface area contributed by atoms with Crippen molar-refractivity contribution < 1.29 is 4.39 Å². The van der Waals surface area contributed by atoms with E-state index in [4.69, 9.17) is 11.6 Å². The van der Waals surface area contributed by atoms with Crippen LogP contribution in [0.4, 0.5) is 10.2 Å². The summed E-state index contributed by atoms with van der Waals surface area (Å²) in [5.74, 6) is 0.713. The van der Waals surface area contributed by atoms with Crippen LogP contribution in [0, 0.1) is 5.82 Å². The lowest BCUT2D eigenvalue weighted by atomic mass is 10.1. The molecule has 0 bridgehead atoms. The fourth-order valence-electron chi connectivity index (χ4n) is 3.55. The highest BCUT2D eigenvalue weighted by Crippen LogP contribution is 2.21. The molecular weight excluding hydrogens is 388 g/mol. The summed E-state index contributed by atoms with van der Waals surface area (Å²) in [5.41, 5.74) is 2.19. The number of aryl methyl sites for hydroxylation is 1. The van der Waals surface area contributed by atoms with Crippen molar-refractivity contribution in [1.29, 1.82) is 0 Å². The molecule has 0 amide bonds. The van der Waals surface area contributed by atoms with Crippen molar-refractivity contribution in [2.75, 3.05) is 37.6 Å². The second-order valence-corrected chi connectivity index (χ2v) is 7.02. The van der Waals surface area contributed by atoms with Crippen LogP contribution in [0.3, 0.4) is 0 Å². The van der Waals surface area contributed by atoms with Gasteiger partial charge in [0, 0.05) is 49.3 Å². The van der Waals surface area contributed by atoms with E-state index < -0.39 is 0 Å². The molecular formula is C19H22Cl2FN5. The van der Waals surface area contributed by atoms with Crippen LogP contribution in [-0.2, 0) is 6.42 Å². The summed E-state index contributed by atoms with van der Waals surface area (Å²) in [4.78, 5) is 16.2. The minimum absolute atomic E-state index is 0. The molecule has 4 rings (SSSR count). The molecule has 0 spiro atoms. The molecule has 1 aliphatic heterocycles. The molecule has 0 aliphatic carbocycles. The number of halogens is 3. The lowest BCUT2D eigenvalue weighted by molar-refractivity contribution is 0.254. The highest BCUT2D eigenvalue weighted by atomic mass is 35.5. The Hall–Kier alpha value is -1.89. The molecule has 0 atom stereocenters. The summed E-state index contributed by atoms with van der Waals surface area (Å²) in [6.45, 7) is 4.92. The molecule has 1 N–H and O–H groups in total. The Kier molecular flexibility index (Phi) is 6.52. The van der Waals surface area contributed by atoms with E-state index in [2.05, 4.69) is 24.8 Å². The van der Waals surface area contributed by atoms with Crippen molar-refractivity contribution in [3.63, 3.8) is 0 Å². The van der Waals surface area contributed by atoms with Crippen molar-refractivity contribution in [3.05, 3.63) is 53.3 Å². The molecule has 0 radical (unpaired) electrons. The van der Waals surface area contributed by atoms with Gasteiger partial charge in [0.15, 0.2) is 0 Å². The smallest absolute Gasteiger partial charge is 0.134 e. The summed E-state index contributed by atoms with van der Waals surface area (Å²) < 4.78 is 13.5. The molecule has 0 unspecified atom stereocenters. The normalized spacial score (nSPS) is 15.1. The molecule has 1 fully saturated rings. The second-order valence-electron chi connectivity index (χ2n) is 6.63. The van der Waals surface area contributed by atoms with Gasteiger partial charge in [-0.3, -0.25) is 4.90 Å². The Morgan fingerprint density at radius 3 is 2.70 bits per heavy atom. The van der Waals surface area contributed by atoms with Crippen LogP contribution in [0.5, 0.6) is 0 Å². The third-order valence-corrected chi connectivity index (χ3v) is 5.17. The Morgan fingerprint density at radius 1 is 1.11 bits per heavy atom. The average molecular weight is 410 g/mol. The number of hydrogen-bond acceptors (Lipinski definition) is 4. The first kappa shape index (κ1) is 19.9. The van der Waals surface area contributed by atoms with E-state index in [-0.39, 0.29) is 18.2 Å². The molecule has 1 saturated heterocycles. The van der Waals surface area contributed by atoms with Gasteiger partial charge in [-0.15, -0.1) is 12.4 Å². The van der Waals surface area contributed by atoms with Gasteiger partial charge in [-0.2, -0.15) is 0 Å². The van der Waals surface area contributed by atoms with Crippen LogP contribution in [0.2, 0.25) is 5.15 Å². The fraction of sp³-hybridized carbons (Fsp3) is 0.368. The Bertz CT molecular complexity index is 893. The van der Waals surface area contributed by atoms with Gasteiger partial charge in [-0.25, -0.2) is 14.4 Å². The minimum atomic E-state index is -0.181. The first-order valence-electron chi connectivity index (χ1n) is 8.89. The van der Waals surface area contributed by atoms with Gasteiger partial charge in [0.2, 0.25) is 0 Å². The number of piperazine rings is 1. The first-order chi connectivity index (χ1) is 12.7. The van der Waals surface area contributed by atoms with E-state index >= 15 is 0 Å². The number of nitrogens with zero attached hydrogens (tertiary/aromatic N) is 4. The molecule has 1 aliphatic rings. The van der Waals surface area contributed by atoms with Crippen molar-refractivity contribution in [3.8, 4) is 0 Å². The highest BCUT2D eigenvalue weighted by Gasteiger charge is 2.18. The first-order valence-corrected chi connectivity index (χ1v) is 9.27. The number of nitrogens with one attached hydrogen (secondary N) is 1. The summed E-state index contributed by atoms with van der Waals surface area (Å²) in [6.07, 6.45) is 5.52. The monoisotopic (exact) mass is 409 g/mol. The lowest BCUT2D eigenvalue weighted by Crippen LogP contribution is -2.47. The van der Waals surface area contributed by atoms with Crippen molar-refractivity contribution in [2.24, 2.45) is 0 Å². The zero-order chi connectivity index (χ0) is 17.9. The maximum absolute atomic E-state index is 13.5. The standard InChI is InChI=1S/C19H21ClFN5.ClH/c20-18-11-19(24-13-23-18)26-8-6-25(7-9-26)5-1-2-14-12-22-17-4-3-15(21)10-16(14)17;/h3-4,10-13,22H,1-2,5-9H2;1H. The summed E-state index contributed by atoms with van der Waals surface area (Å²) in [5, 5.41) is 1.48. The van der Waals surface area contributed by atoms with Gasteiger partial charge in [0.25, 0.3) is 0 Å². The molecule has 0 saturated carbocycles. The van der Waals surface area contributed by atoms with Crippen molar-refractivity contribution in [1.82, 2.24) is 19.9 Å². The molecule has 2 aromatic heterocycles. The van der Waals surface area contributed by atoms with E-state index in [0.717, 1.165) is 62.3 Å². The van der Waals surface area contributed by atoms with Crippen molar-refractivity contribution in [2.45, 2.75) is 12.8 Å². The number of fused-ring (bicyclic) bond motifs is 1. The van der Waals surface area contributed by atoms with Crippen LogP contribution in [0.15, 0.2) is 36.8 Å². The zero-order valence-electron chi connectivity index (χ0n) is 14.9. The fourth-order valence-corrected chi connectivity index (χ4v) is 3.69. The van der Waals surface area contributed by atoms with Crippen LogP contribution < -0.4 is 4.90 Å². The highest BCUT2D eigenvalue weighted by molar-refractivity contribution is 6.29. The maximum atomic E-state index is 13.5. The molecule has 5 nitrogen and oxygen atoms in total. The quantitative estimate of drug-likeness (QED) is 0.648. The third kappa shape index (κ3) is 4.69. The number of hydrogen-bond donors (Lipinski definition) is 1. The van der Waals surface area contributed by atoms with Gasteiger partial charge in [-0.1, -0.05) is 11.6 Å². The minimum Gasteiger partial charge on any atom is -0.361 e. The van der Waals surface area contributed by atoms with E-state index in [1.165, 1.54) is 18.0 Å². The van der Waals surface area contributed by atoms with Gasteiger partial charge in [-0.05, 0) is 43.1 Å². The topological polar surface area (TPSA) is 48.1 Å². The SMILES string of the molecule is Cl.Fc1ccc2[nH]cc(CCCN3CCN(c4cc(Cl)ncn4)CC3)c2c1. The summed E-state index contributed by atoms with van der Waals surface area (Å²) in [6, 6.07) is 6.72. The van der Waals surface area contributed by atoms with E-state index in [1.54, 1.807) is 12.1 Å². The Balaban J connectivity index is 0.00000210. The number of rotatable bonds is 5. The summed E-state index contributed by atoms with van der Waals surface area (Å²) in [7, 11) is 0. The number of benzene rings is 1. The number of anilines is 1. The van der Waals surface area contributed by atoms with Crippen LogP contribution in [-0.4, -0.2) is 52.6 Å². The van der Waals surface area contributed by atoms with Gasteiger partial charge >= 0.3 is 0 Å². The van der Waals surface area contributed by atoms with Crippen LogP contribution in [0.1, 0.15) is 12.0 Å². The summed E-state index contributed by atoms with van der Waals surface area (Å²) >= 11 is 5.95. The van der Waals surface area contributed by atoms with Crippen LogP contribution >= 0.6 is 24.0 Å². The molecule has 8 heteroatoms. The Labute approximate surface area is 169 Å². The number of aromatic nitrogens is 3. The van der Waals surface area contributed by atoms with Gasteiger partial charge < -0.3 is 9.88 Å². The van der Waals surface area contributed by atoms with E-state index in [1.807, 2.05) is 12.3 Å². The molecule has 1 aromatic carbocycles. The number of H-pyrrole nitrogens is 1. The molecule has 3 aromatic rings. The molecule has 144 valence electrons. The molecule has 27 heavy (non-hydrogen) atoms. The average Bonchev–Trinajstić information content (AvgIpc) is 3.04. The lowest BCUT2D eigenvalue weighted by Gasteiger charge is -2.35. The second kappa shape index (κ2) is 8.87. The third-order valence-electron chi connectivity index (χ3n) is 4.97. The van der Waals surface area contributed by atoms with Gasteiger partial charge in [0.05, 0.1) is 0 Å². The zero-order valence-corrected chi connectivity index (χ0v) is 16.4. The largest absolute Gasteiger partial charge is 0.361 e. The van der Waals surface area contributed by atoms with E-state index in [0.29, 0.717) is 5.15 Å².